The highest BCUT2D eigenvalue weighted by Crippen LogP contribution is 2.28. The number of phenolic OH excluding ortho intramolecular Hbond substituents is 1. The van der Waals surface area contributed by atoms with E-state index in [-0.39, 0.29) is 41.3 Å². The molecule has 0 fully saturated rings. The molecule has 0 spiro atoms. The van der Waals surface area contributed by atoms with E-state index in [2.05, 4.69) is 60.4 Å². The second kappa shape index (κ2) is 13.1. The van der Waals surface area contributed by atoms with Gasteiger partial charge in [0, 0.05) is 18.6 Å². The van der Waals surface area contributed by atoms with Crippen molar-refractivity contribution in [2.45, 2.75) is 71.1 Å². The van der Waals surface area contributed by atoms with Gasteiger partial charge in [0.2, 0.25) is 15.9 Å². The van der Waals surface area contributed by atoms with E-state index >= 15 is 0 Å². The Kier molecular flexibility index (Phi) is 10.2. The van der Waals surface area contributed by atoms with Crippen molar-refractivity contribution >= 4 is 21.6 Å². The summed E-state index contributed by atoms with van der Waals surface area (Å²) in [7, 11) is -3.58. The fourth-order valence-electron chi connectivity index (χ4n) is 4.53. The quantitative estimate of drug-likeness (QED) is 0.200. The van der Waals surface area contributed by atoms with Crippen LogP contribution in [0.3, 0.4) is 0 Å². The van der Waals surface area contributed by atoms with Gasteiger partial charge in [-0.25, -0.2) is 8.42 Å². The Balaban J connectivity index is 1.53. The average molecular weight is 582 g/mol. The Labute approximate surface area is 244 Å². The van der Waals surface area contributed by atoms with E-state index in [1.807, 2.05) is 38.1 Å². The van der Waals surface area contributed by atoms with Gasteiger partial charge < -0.3 is 20.8 Å². The number of aliphatic hydroxyl groups is 1. The number of nitrogens with one attached hydrogen (secondary N) is 3. The number of benzene rings is 3. The summed E-state index contributed by atoms with van der Waals surface area (Å²) in [5.41, 5.74) is 4.49. The maximum absolute atomic E-state index is 12.6. The van der Waals surface area contributed by atoms with Crippen molar-refractivity contribution in [3.05, 3.63) is 94.5 Å². The number of rotatable bonds is 12. The van der Waals surface area contributed by atoms with Gasteiger partial charge in [-0.15, -0.1) is 0 Å². The zero-order valence-corrected chi connectivity index (χ0v) is 25.6. The number of anilines is 1. The number of aromatic hydroxyl groups is 1. The lowest BCUT2D eigenvalue weighted by molar-refractivity contribution is -0.120. The van der Waals surface area contributed by atoms with Crippen LogP contribution in [-0.2, 0) is 39.6 Å². The predicted molar refractivity (Wildman–Crippen MR) is 164 cm³/mol. The minimum absolute atomic E-state index is 0.0163. The Hall–Kier alpha value is -3.40. The van der Waals surface area contributed by atoms with Crippen molar-refractivity contribution in [3.63, 3.8) is 0 Å². The Morgan fingerprint density at radius 3 is 2.20 bits per heavy atom. The van der Waals surface area contributed by atoms with E-state index < -0.39 is 16.1 Å². The van der Waals surface area contributed by atoms with E-state index in [4.69, 9.17) is 0 Å². The highest BCUT2D eigenvalue weighted by Gasteiger charge is 2.21. The van der Waals surface area contributed by atoms with Gasteiger partial charge in [-0.1, -0.05) is 75.4 Å². The fraction of sp³-hybridized carbons (Fsp3) is 0.406. The molecule has 222 valence electrons. The third-order valence-corrected chi connectivity index (χ3v) is 7.38. The minimum Gasteiger partial charge on any atom is -0.506 e. The van der Waals surface area contributed by atoms with Crippen molar-refractivity contribution in [1.82, 2.24) is 10.6 Å². The summed E-state index contributed by atoms with van der Waals surface area (Å²) >= 11 is 0. The number of carbonyl (C=O) groups excluding carboxylic acids is 1. The van der Waals surface area contributed by atoms with Crippen LogP contribution < -0.4 is 15.4 Å². The molecule has 0 bridgehead atoms. The lowest BCUT2D eigenvalue weighted by Crippen LogP contribution is -2.43. The molecule has 0 aliphatic rings. The third kappa shape index (κ3) is 10.5. The van der Waals surface area contributed by atoms with E-state index in [0.29, 0.717) is 18.5 Å². The molecule has 8 nitrogen and oxygen atoms in total. The van der Waals surface area contributed by atoms with Crippen molar-refractivity contribution < 1.29 is 23.4 Å². The molecule has 0 saturated carbocycles. The fourth-order valence-corrected chi connectivity index (χ4v) is 5.09. The van der Waals surface area contributed by atoms with E-state index in [1.165, 1.54) is 17.7 Å². The third-order valence-electron chi connectivity index (χ3n) is 6.79. The first-order valence-electron chi connectivity index (χ1n) is 13.7. The number of hydrogen-bond acceptors (Lipinski definition) is 6. The number of carbonyl (C=O) groups is 1. The summed E-state index contributed by atoms with van der Waals surface area (Å²) in [6, 6.07) is 20.6. The SMILES string of the molecule is CC(C)(Cc1cccc(CC(=O)NCc2ccc(C(C)(C)C)cc2)c1)NC[C@H](O)c1ccc(O)c(NS(C)(=O)=O)c1. The minimum atomic E-state index is -3.58. The van der Waals surface area contributed by atoms with Gasteiger partial charge in [0.05, 0.1) is 24.5 Å². The second-order valence-corrected chi connectivity index (χ2v) is 14.1. The lowest BCUT2D eigenvalue weighted by atomic mass is 9.87. The molecule has 41 heavy (non-hydrogen) atoms. The Bertz CT molecular complexity index is 1440. The topological polar surface area (TPSA) is 128 Å². The maximum atomic E-state index is 12.6. The van der Waals surface area contributed by atoms with Crippen LogP contribution in [0.15, 0.2) is 66.7 Å². The van der Waals surface area contributed by atoms with E-state index in [1.54, 1.807) is 6.07 Å². The highest BCUT2D eigenvalue weighted by atomic mass is 32.2. The molecular formula is C32H43N3O5S. The number of aliphatic hydroxyl groups excluding tert-OH is 1. The molecule has 1 atom stereocenters. The highest BCUT2D eigenvalue weighted by molar-refractivity contribution is 7.92. The smallest absolute Gasteiger partial charge is 0.229 e. The number of amides is 1. The summed E-state index contributed by atoms with van der Waals surface area (Å²) in [4.78, 5) is 12.6. The molecule has 3 rings (SSSR count). The van der Waals surface area contributed by atoms with Crippen LogP contribution in [-0.4, -0.2) is 42.9 Å². The molecule has 1 amide bonds. The largest absolute Gasteiger partial charge is 0.506 e. The molecule has 0 aliphatic heterocycles. The van der Waals surface area contributed by atoms with Crippen LogP contribution in [0.2, 0.25) is 0 Å². The van der Waals surface area contributed by atoms with Crippen LogP contribution >= 0.6 is 0 Å². The summed E-state index contributed by atoms with van der Waals surface area (Å²) in [6.07, 6.45) is 1.01. The number of phenols is 1. The molecule has 0 radical (unpaired) electrons. The van der Waals surface area contributed by atoms with Gasteiger partial charge in [-0.05, 0) is 65.6 Å². The van der Waals surface area contributed by atoms with E-state index in [0.717, 1.165) is 22.9 Å². The summed E-state index contributed by atoms with van der Waals surface area (Å²) in [5, 5.41) is 27.0. The molecule has 9 heteroatoms. The van der Waals surface area contributed by atoms with Crippen molar-refractivity contribution in [1.29, 1.82) is 0 Å². The van der Waals surface area contributed by atoms with E-state index in [9.17, 15) is 23.4 Å². The molecule has 5 N–H and O–H groups in total. The van der Waals surface area contributed by atoms with Gasteiger partial charge in [-0.3, -0.25) is 9.52 Å². The first kappa shape index (κ1) is 32.1. The maximum Gasteiger partial charge on any atom is 0.229 e. The summed E-state index contributed by atoms with van der Waals surface area (Å²) in [6.45, 7) is 11.3. The van der Waals surface area contributed by atoms with Crippen LogP contribution in [0.1, 0.15) is 68.5 Å². The first-order valence-corrected chi connectivity index (χ1v) is 15.6. The van der Waals surface area contributed by atoms with Crippen LogP contribution in [0.25, 0.3) is 0 Å². The summed E-state index contributed by atoms with van der Waals surface area (Å²) < 4.78 is 25.4. The van der Waals surface area contributed by atoms with Gasteiger partial charge in [0.1, 0.15) is 5.75 Å². The monoisotopic (exact) mass is 581 g/mol. The Morgan fingerprint density at radius 2 is 1.56 bits per heavy atom. The standard InChI is InChI=1S/C32H43N3O5S/c1-31(2,3)26-13-10-22(11-14-26)20-33-30(38)17-23-8-7-9-24(16-23)19-32(4,5)34-21-29(37)25-12-15-28(36)27(18-25)35-41(6,39)40/h7-16,18,29,34-37H,17,19-21H2,1-6H3,(H,33,38)/t29-/m0/s1. The normalized spacial score (nSPS) is 13.0. The van der Waals surface area contributed by atoms with Gasteiger partial charge in [0.15, 0.2) is 0 Å². The van der Waals surface area contributed by atoms with Crippen LogP contribution in [0.4, 0.5) is 5.69 Å². The first-order chi connectivity index (χ1) is 19.0. The van der Waals surface area contributed by atoms with Crippen molar-refractivity contribution in [2.24, 2.45) is 0 Å². The Morgan fingerprint density at radius 1 is 0.902 bits per heavy atom. The zero-order chi connectivity index (χ0) is 30.4. The predicted octanol–water partition coefficient (Wildman–Crippen LogP) is 4.56. The molecule has 0 heterocycles. The van der Waals surface area contributed by atoms with Crippen LogP contribution in [0.5, 0.6) is 5.75 Å². The number of β-amino-alcohol motifs (C(OH)–C–C–N with tert-alkyl or cyclic N) is 1. The number of sulfonamides is 1. The average Bonchev–Trinajstić information content (AvgIpc) is 2.86. The molecule has 0 saturated heterocycles. The molecule has 3 aromatic carbocycles. The van der Waals surface area contributed by atoms with Gasteiger partial charge in [-0.2, -0.15) is 0 Å². The lowest BCUT2D eigenvalue weighted by Gasteiger charge is -2.28. The molecule has 3 aromatic rings. The second-order valence-electron chi connectivity index (χ2n) is 12.3. The molecular weight excluding hydrogens is 538 g/mol. The van der Waals surface area contributed by atoms with Gasteiger partial charge >= 0.3 is 0 Å². The molecule has 0 aliphatic carbocycles. The van der Waals surface area contributed by atoms with Crippen molar-refractivity contribution in [2.75, 3.05) is 17.5 Å². The zero-order valence-electron chi connectivity index (χ0n) is 24.8. The summed E-state index contributed by atoms with van der Waals surface area (Å²) in [5.74, 6) is -0.260. The number of hydrogen-bond donors (Lipinski definition) is 5. The molecule has 0 unspecified atom stereocenters. The van der Waals surface area contributed by atoms with Crippen LogP contribution in [0, 0.1) is 0 Å². The van der Waals surface area contributed by atoms with Crippen molar-refractivity contribution in [3.8, 4) is 5.75 Å². The van der Waals surface area contributed by atoms with Gasteiger partial charge in [0.25, 0.3) is 0 Å². The molecule has 0 aromatic heterocycles.